The monoisotopic (exact) mass is 355 g/mol. The second kappa shape index (κ2) is 7.23. The number of carbonyl (C=O) groups excluding carboxylic acids is 1. The third-order valence-corrected chi connectivity index (χ3v) is 3.94. The van der Waals surface area contributed by atoms with E-state index in [0.717, 1.165) is 5.57 Å². The third kappa shape index (κ3) is 4.25. The molecule has 2 aromatic rings. The van der Waals surface area contributed by atoms with E-state index in [1.54, 1.807) is 4.90 Å². The SMILES string of the molecule is CC(C)(C)OC(=O)N1CC=C(c2ncc(F)c(-c3ccccc3)n2)CC1. The van der Waals surface area contributed by atoms with Crippen molar-refractivity contribution in [1.82, 2.24) is 14.9 Å². The van der Waals surface area contributed by atoms with Gasteiger partial charge in [0, 0.05) is 18.7 Å². The van der Waals surface area contributed by atoms with E-state index in [2.05, 4.69) is 9.97 Å². The van der Waals surface area contributed by atoms with Gasteiger partial charge in [-0.2, -0.15) is 0 Å². The average molecular weight is 355 g/mol. The first kappa shape index (κ1) is 18.0. The Morgan fingerprint density at radius 2 is 1.96 bits per heavy atom. The zero-order valence-electron chi connectivity index (χ0n) is 15.2. The number of carbonyl (C=O) groups is 1. The van der Waals surface area contributed by atoms with Crippen LogP contribution in [0.4, 0.5) is 9.18 Å². The van der Waals surface area contributed by atoms with Crippen molar-refractivity contribution < 1.29 is 13.9 Å². The molecule has 2 heterocycles. The molecule has 1 aromatic carbocycles. The maximum absolute atomic E-state index is 14.1. The van der Waals surface area contributed by atoms with Gasteiger partial charge < -0.3 is 9.64 Å². The van der Waals surface area contributed by atoms with Gasteiger partial charge in [0.2, 0.25) is 0 Å². The Kier molecular flexibility index (Phi) is 5.02. The molecule has 0 N–H and O–H groups in total. The molecule has 1 aromatic heterocycles. The summed E-state index contributed by atoms with van der Waals surface area (Å²) in [4.78, 5) is 22.3. The zero-order valence-corrected chi connectivity index (χ0v) is 15.2. The molecule has 136 valence electrons. The number of ether oxygens (including phenoxy) is 1. The number of halogens is 1. The molecule has 5 nitrogen and oxygen atoms in total. The number of benzene rings is 1. The Morgan fingerprint density at radius 1 is 1.23 bits per heavy atom. The van der Waals surface area contributed by atoms with E-state index in [4.69, 9.17) is 4.74 Å². The molecule has 1 amide bonds. The lowest BCUT2D eigenvalue weighted by atomic mass is 10.1. The lowest BCUT2D eigenvalue weighted by molar-refractivity contribution is 0.0270. The van der Waals surface area contributed by atoms with Crippen LogP contribution >= 0.6 is 0 Å². The first-order chi connectivity index (χ1) is 12.3. The minimum Gasteiger partial charge on any atom is -0.444 e. The van der Waals surface area contributed by atoms with Crippen LogP contribution in [0.15, 0.2) is 42.6 Å². The van der Waals surface area contributed by atoms with Crippen LogP contribution in [0.5, 0.6) is 0 Å². The van der Waals surface area contributed by atoms with Crippen LogP contribution in [-0.2, 0) is 4.74 Å². The van der Waals surface area contributed by atoms with Crippen molar-refractivity contribution in [2.24, 2.45) is 0 Å². The van der Waals surface area contributed by atoms with Gasteiger partial charge in [-0.15, -0.1) is 0 Å². The van der Waals surface area contributed by atoms with Gasteiger partial charge in [0.05, 0.1) is 6.20 Å². The number of nitrogens with zero attached hydrogens (tertiary/aromatic N) is 3. The van der Waals surface area contributed by atoms with Crippen molar-refractivity contribution >= 4 is 11.7 Å². The van der Waals surface area contributed by atoms with Crippen molar-refractivity contribution in [3.05, 3.63) is 54.2 Å². The summed E-state index contributed by atoms with van der Waals surface area (Å²) < 4.78 is 19.5. The Morgan fingerprint density at radius 3 is 2.58 bits per heavy atom. The molecule has 0 fully saturated rings. The smallest absolute Gasteiger partial charge is 0.410 e. The van der Waals surface area contributed by atoms with Gasteiger partial charge in [-0.1, -0.05) is 36.4 Å². The van der Waals surface area contributed by atoms with E-state index < -0.39 is 11.4 Å². The predicted molar refractivity (Wildman–Crippen MR) is 97.8 cm³/mol. The second-order valence-electron chi connectivity index (χ2n) is 7.16. The van der Waals surface area contributed by atoms with Crippen LogP contribution in [0, 0.1) is 5.82 Å². The number of hydrogen-bond donors (Lipinski definition) is 0. The number of hydrogen-bond acceptors (Lipinski definition) is 4. The fourth-order valence-electron chi connectivity index (χ4n) is 2.68. The van der Waals surface area contributed by atoms with Crippen LogP contribution in [0.3, 0.4) is 0 Å². The van der Waals surface area contributed by atoms with Crippen molar-refractivity contribution in [2.75, 3.05) is 13.1 Å². The highest BCUT2D eigenvalue weighted by atomic mass is 19.1. The van der Waals surface area contributed by atoms with Crippen LogP contribution in [-0.4, -0.2) is 39.7 Å². The highest BCUT2D eigenvalue weighted by molar-refractivity contribution is 5.72. The summed E-state index contributed by atoms with van der Waals surface area (Å²) in [7, 11) is 0. The van der Waals surface area contributed by atoms with Crippen molar-refractivity contribution in [3.8, 4) is 11.3 Å². The molecule has 3 rings (SSSR count). The maximum atomic E-state index is 14.1. The summed E-state index contributed by atoms with van der Waals surface area (Å²) in [5, 5.41) is 0. The second-order valence-corrected chi connectivity index (χ2v) is 7.16. The summed E-state index contributed by atoms with van der Waals surface area (Å²) in [5.41, 5.74) is 1.37. The summed E-state index contributed by atoms with van der Waals surface area (Å²) in [6, 6.07) is 9.19. The summed E-state index contributed by atoms with van der Waals surface area (Å²) in [6.45, 7) is 6.46. The van der Waals surface area contributed by atoms with Gasteiger partial charge >= 0.3 is 6.09 Å². The highest BCUT2D eigenvalue weighted by Crippen LogP contribution is 2.25. The molecule has 0 bridgehead atoms. The van der Waals surface area contributed by atoms with Crippen molar-refractivity contribution in [3.63, 3.8) is 0 Å². The van der Waals surface area contributed by atoms with E-state index in [1.165, 1.54) is 6.20 Å². The van der Waals surface area contributed by atoms with Crippen molar-refractivity contribution in [2.45, 2.75) is 32.8 Å². The van der Waals surface area contributed by atoms with E-state index in [1.807, 2.05) is 57.2 Å². The molecular weight excluding hydrogens is 333 g/mol. The van der Waals surface area contributed by atoms with Crippen LogP contribution in [0.2, 0.25) is 0 Å². The Balaban J connectivity index is 1.78. The minimum absolute atomic E-state index is 0.283. The molecule has 26 heavy (non-hydrogen) atoms. The number of rotatable bonds is 2. The lowest BCUT2D eigenvalue weighted by Gasteiger charge is -2.29. The van der Waals surface area contributed by atoms with Gasteiger partial charge in [-0.05, 0) is 32.8 Å². The lowest BCUT2D eigenvalue weighted by Crippen LogP contribution is -2.39. The molecule has 1 aliphatic heterocycles. The van der Waals surface area contributed by atoms with Crippen LogP contribution in [0.25, 0.3) is 16.8 Å². The fraction of sp³-hybridized carbons (Fsp3) is 0.350. The predicted octanol–water partition coefficient (Wildman–Crippen LogP) is 4.31. The fourth-order valence-corrected chi connectivity index (χ4v) is 2.68. The van der Waals surface area contributed by atoms with E-state index in [-0.39, 0.29) is 11.8 Å². The van der Waals surface area contributed by atoms with Gasteiger partial charge in [0.1, 0.15) is 11.3 Å². The molecule has 0 unspecified atom stereocenters. The van der Waals surface area contributed by atoms with Gasteiger partial charge in [0.15, 0.2) is 11.6 Å². The summed E-state index contributed by atoms with van der Waals surface area (Å²) in [6.07, 6.45) is 3.36. The molecule has 6 heteroatoms. The maximum Gasteiger partial charge on any atom is 0.410 e. The topological polar surface area (TPSA) is 55.3 Å². The molecule has 0 atom stereocenters. The first-order valence-corrected chi connectivity index (χ1v) is 8.59. The first-order valence-electron chi connectivity index (χ1n) is 8.59. The molecule has 0 spiro atoms. The number of amides is 1. The van der Waals surface area contributed by atoms with Crippen molar-refractivity contribution in [1.29, 1.82) is 0 Å². The summed E-state index contributed by atoms with van der Waals surface area (Å²) in [5.74, 6) is 0.0424. The molecule has 0 radical (unpaired) electrons. The molecule has 0 saturated heterocycles. The average Bonchev–Trinajstić information content (AvgIpc) is 2.61. The highest BCUT2D eigenvalue weighted by Gasteiger charge is 2.24. The Labute approximate surface area is 152 Å². The van der Waals surface area contributed by atoms with E-state index in [9.17, 15) is 9.18 Å². The molecule has 1 aliphatic rings. The van der Waals surface area contributed by atoms with Gasteiger partial charge in [0.25, 0.3) is 0 Å². The quantitative estimate of drug-likeness (QED) is 0.806. The molecule has 0 aliphatic carbocycles. The standard InChI is InChI=1S/C20H22FN3O2/c1-20(2,3)26-19(25)24-11-9-15(10-12-24)18-22-13-16(21)17(23-18)14-7-5-4-6-8-14/h4-9,13H,10-12H2,1-3H3. The van der Waals surface area contributed by atoms with Gasteiger partial charge in [-0.3, -0.25) is 0 Å². The zero-order chi connectivity index (χ0) is 18.7. The largest absolute Gasteiger partial charge is 0.444 e. The molecular formula is C20H22FN3O2. The van der Waals surface area contributed by atoms with Gasteiger partial charge in [-0.25, -0.2) is 19.2 Å². The van der Waals surface area contributed by atoms with E-state index in [0.29, 0.717) is 30.9 Å². The Hall–Kier alpha value is -2.76. The normalized spacial score (nSPS) is 14.8. The third-order valence-electron chi connectivity index (χ3n) is 3.94. The molecule has 0 saturated carbocycles. The van der Waals surface area contributed by atoms with E-state index >= 15 is 0 Å². The number of aromatic nitrogens is 2. The summed E-state index contributed by atoms with van der Waals surface area (Å²) >= 11 is 0. The Bertz CT molecular complexity index is 829. The minimum atomic E-state index is -0.522. The van der Waals surface area contributed by atoms with Crippen LogP contribution in [0.1, 0.15) is 33.0 Å². The van der Waals surface area contributed by atoms with Crippen LogP contribution < -0.4 is 0 Å².